The van der Waals surface area contributed by atoms with Gasteiger partial charge in [-0.15, -0.1) is 0 Å². The lowest BCUT2D eigenvalue weighted by atomic mass is 9.97. The van der Waals surface area contributed by atoms with Crippen molar-refractivity contribution in [2.24, 2.45) is 0 Å². The number of hydrogen-bond donors (Lipinski definition) is 0. The fourth-order valence-electron chi connectivity index (χ4n) is 2.18. The van der Waals surface area contributed by atoms with Crippen LogP contribution < -0.4 is 10.4 Å². The highest BCUT2D eigenvalue weighted by Crippen LogP contribution is 2.35. The predicted octanol–water partition coefficient (Wildman–Crippen LogP) is 2.07. The Labute approximate surface area is 96.8 Å². The first-order valence-electron chi connectivity index (χ1n) is 5.40. The van der Waals surface area contributed by atoms with Gasteiger partial charge in [0.1, 0.15) is 11.3 Å². The number of Topliss-reactive ketones (excluding diaryl/α,β-unsaturated/α-hetero) is 1. The Kier molecular flexibility index (Phi) is 2.04. The first-order valence-corrected chi connectivity index (χ1v) is 5.40. The van der Waals surface area contributed by atoms with Gasteiger partial charge in [0.15, 0.2) is 5.78 Å². The van der Waals surface area contributed by atoms with Crippen LogP contribution in [-0.2, 0) is 0 Å². The van der Waals surface area contributed by atoms with Crippen LogP contribution in [-0.4, -0.2) is 12.4 Å². The average molecular weight is 230 g/mol. The lowest BCUT2D eigenvalue weighted by Gasteiger charge is -2.19. The highest BCUT2D eigenvalue weighted by molar-refractivity contribution is 6.06. The number of benzene rings is 1. The van der Waals surface area contributed by atoms with E-state index < -0.39 is 5.63 Å². The highest BCUT2D eigenvalue weighted by atomic mass is 16.5. The molecule has 0 radical (unpaired) electrons. The van der Waals surface area contributed by atoms with Gasteiger partial charge in [0.05, 0.1) is 17.6 Å². The molecule has 0 amide bonds. The molecule has 2 heterocycles. The van der Waals surface area contributed by atoms with Crippen LogP contribution in [0.1, 0.15) is 22.3 Å². The molecule has 0 N–H and O–H groups in total. The molecule has 4 heteroatoms. The molecule has 0 saturated carbocycles. The Bertz CT molecular complexity index is 682. The Morgan fingerprint density at radius 2 is 2.06 bits per heavy atom. The van der Waals surface area contributed by atoms with Gasteiger partial charge in [-0.25, -0.2) is 4.79 Å². The van der Waals surface area contributed by atoms with Crippen molar-refractivity contribution >= 4 is 16.8 Å². The van der Waals surface area contributed by atoms with E-state index in [4.69, 9.17) is 9.15 Å². The van der Waals surface area contributed by atoms with E-state index in [0.29, 0.717) is 35.3 Å². The minimum absolute atomic E-state index is 0.0804. The third-order valence-corrected chi connectivity index (χ3v) is 2.93. The van der Waals surface area contributed by atoms with Crippen LogP contribution in [0.5, 0.6) is 5.75 Å². The SMILES string of the molecule is Cc1cc2oc(=O)ccc2c2c1C(=O)CCO2. The van der Waals surface area contributed by atoms with Crippen LogP contribution in [0.25, 0.3) is 11.0 Å². The fourth-order valence-corrected chi connectivity index (χ4v) is 2.18. The van der Waals surface area contributed by atoms with Gasteiger partial charge in [-0.05, 0) is 24.6 Å². The molecule has 0 spiro atoms. The lowest BCUT2D eigenvalue weighted by molar-refractivity contribution is 0.0934. The maximum atomic E-state index is 11.8. The topological polar surface area (TPSA) is 56.5 Å². The van der Waals surface area contributed by atoms with E-state index in [1.165, 1.54) is 6.07 Å². The van der Waals surface area contributed by atoms with Crippen LogP contribution >= 0.6 is 0 Å². The molecule has 2 aromatic rings. The number of ether oxygens (including phenoxy) is 1. The second-order valence-corrected chi connectivity index (χ2v) is 4.09. The van der Waals surface area contributed by atoms with Gasteiger partial charge in [-0.1, -0.05) is 0 Å². The number of ketones is 1. The fraction of sp³-hybridized carbons (Fsp3) is 0.231. The van der Waals surface area contributed by atoms with Gasteiger partial charge in [-0.3, -0.25) is 4.79 Å². The van der Waals surface area contributed by atoms with Crippen molar-refractivity contribution in [3.8, 4) is 5.75 Å². The van der Waals surface area contributed by atoms with Crippen LogP contribution in [0.3, 0.4) is 0 Å². The molecule has 4 nitrogen and oxygen atoms in total. The summed E-state index contributed by atoms with van der Waals surface area (Å²) in [6.07, 6.45) is 0.399. The number of carbonyl (C=O) groups is 1. The molecule has 17 heavy (non-hydrogen) atoms. The van der Waals surface area contributed by atoms with Gasteiger partial charge >= 0.3 is 5.63 Å². The van der Waals surface area contributed by atoms with E-state index in [0.717, 1.165) is 5.56 Å². The Morgan fingerprint density at radius 1 is 1.24 bits per heavy atom. The molecule has 0 saturated heterocycles. The van der Waals surface area contributed by atoms with E-state index in [9.17, 15) is 9.59 Å². The Hall–Kier alpha value is -2.10. The molecular weight excluding hydrogens is 220 g/mol. The molecule has 0 unspecified atom stereocenters. The largest absolute Gasteiger partial charge is 0.492 e. The van der Waals surface area contributed by atoms with Crippen molar-refractivity contribution in [3.63, 3.8) is 0 Å². The molecule has 1 aromatic carbocycles. The first-order chi connectivity index (χ1) is 8.16. The third-order valence-electron chi connectivity index (χ3n) is 2.93. The quantitative estimate of drug-likeness (QED) is 0.650. The second kappa shape index (κ2) is 3.45. The normalized spacial score (nSPS) is 14.5. The molecule has 0 aliphatic carbocycles. The zero-order valence-corrected chi connectivity index (χ0v) is 9.28. The zero-order valence-electron chi connectivity index (χ0n) is 9.28. The maximum Gasteiger partial charge on any atom is 0.336 e. The van der Waals surface area contributed by atoms with E-state index in [1.54, 1.807) is 12.1 Å². The highest BCUT2D eigenvalue weighted by Gasteiger charge is 2.23. The van der Waals surface area contributed by atoms with Gasteiger partial charge in [-0.2, -0.15) is 0 Å². The van der Waals surface area contributed by atoms with Gasteiger partial charge in [0, 0.05) is 12.5 Å². The second-order valence-electron chi connectivity index (χ2n) is 4.09. The van der Waals surface area contributed by atoms with Gasteiger partial charge in [0.2, 0.25) is 0 Å². The Morgan fingerprint density at radius 3 is 2.88 bits per heavy atom. The summed E-state index contributed by atoms with van der Waals surface area (Å²) < 4.78 is 10.6. The summed E-state index contributed by atoms with van der Waals surface area (Å²) in [6.45, 7) is 2.20. The van der Waals surface area contributed by atoms with E-state index >= 15 is 0 Å². The van der Waals surface area contributed by atoms with E-state index in [1.807, 2.05) is 6.92 Å². The molecule has 1 aliphatic rings. The van der Waals surface area contributed by atoms with Crippen molar-refractivity contribution in [2.45, 2.75) is 13.3 Å². The average Bonchev–Trinajstić information content (AvgIpc) is 2.28. The van der Waals surface area contributed by atoms with Crippen molar-refractivity contribution in [1.29, 1.82) is 0 Å². The molecule has 0 atom stereocenters. The van der Waals surface area contributed by atoms with Crippen LogP contribution in [0, 0.1) is 6.92 Å². The summed E-state index contributed by atoms with van der Waals surface area (Å²) in [5, 5.41) is 0.679. The van der Waals surface area contributed by atoms with Crippen LogP contribution in [0.15, 0.2) is 27.4 Å². The molecule has 86 valence electrons. The minimum Gasteiger partial charge on any atom is -0.492 e. The van der Waals surface area contributed by atoms with E-state index in [2.05, 4.69) is 0 Å². The molecule has 0 bridgehead atoms. The number of carbonyl (C=O) groups excluding carboxylic acids is 1. The van der Waals surface area contributed by atoms with Gasteiger partial charge < -0.3 is 9.15 Å². The Balaban J connectivity index is 2.45. The van der Waals surface area contributed by atoms with Crippen molar-refractivity contribution in [2.75, 3.05) is 6.61 Å². The number of hydrogen-bond acceptors (Lipinski definition) is 4. The summed E-state index contributed by atoms with van der Waals surface area (Å²) in [5.74, 6) is 0.622. The number of aryl methyl sites for hydroxylation is 1. The standard InChI is InChI=1S/C13H10O4/c1-7-6-10-8(2-3-11(15)17-10)13-12(7)9(14)4-5-16-13/h2-3,6H,4-5H2,1H3. The summed E-state index contributed by atoms with van der Waals surface area (Å²) in [7, 11) is 0. The molecular formula is C13H10O4. The summed E-state index contributed by atoms with van der Waals surface area (Å²) >= 11 is 0. The predicted molar refractivity (Wildman–Crippen MR) is 61.7 cm³/mol. The summed E-state index contributed by atoms with van der Waals surface area (Å²) in [5.41, 5.74) is 1.45. The molecule has 1 aliphatic heterocycles. The van der Waals surface area contributed by atoms with Crippen LogP contribution in [0.4, 0.5) is 0 Å². The maximum absolute atomic E-state index is 11.8. The lowest BCUT2D eigenvalue weighted by Crippen LogP contribution is -2.17. The van der Waals surface area contributed by atoms with Crippen molar-refractivity contribution < 1.29 is 13.9 Å². The smallest absolute Gasteiger partial charge is 0.336 e. The zero-order chi connectivity index (χ0) is 12.0. The third kappa shape index (κ3) is 1.45. The monoisotopic (exact) mass is 230 g/mol. The molecule has 0 fully saturated rings. The number of rotatable bonds is 0. The van der Waals surface area contributed by atoms with Gasteiger partial charge in [0.25, 0.3) is 0 Å². The first kappa shape index (κ1) is 10.1. The minimum atomic E-state index is -0.404. The van der Waals surface area contributed by atoms with E-state index in [-0.39, 0.29) is 5.78 Å². The summed E-state index contributed by atoms with van der Waals surface area (Å²) in [4.78, 5) is 23.0. The van der Waals surface area contributed by atoms with Crippen LogP contribution in [0.2, 0.25) is 0 Å². The molecule has 3 rings (SSSR count). The molecule has 1 aromatic heterocycles. The number of fused-ring (bicyclic) bond motifs is 3. The summed E-state index contributed by atoms with van der Waals surface area (Å²) in [6, 6.07) is 4.68. The van der Waals surface area contributed by atoms with Crippen molar-refractivity contribution in [1.82, 2.24) is 0 Å². The van der Waals surface area contributed by atoms with Crippen molar-refractivity contribution in [3.05, 3.63) is 39.7 Å².